The maximum atomic E-state index is 13.7. The highest BCUT2D eigenvalue weighted by Gasteiger charge is 2.35. The predicted molar refractivity (Wildman–Crippen MR) is 162 cm³/mol. The number of aromatic nitrogens is 1. The van der Waals surface area contributed by atoms with Crippen LogP contribution in [-0.4, -0.2) is 16.9 Å². The van der Waals surface area contributed by atoms with Crippen molar-refractivity contribution in [1.29, 1.82) is 0 Å². The summed E-state index contributed by atoms with van der Waals surface area (Å²) in [5.41, 5.74) is 7.34. The molecule has 0 bridgehead atoms. The highest BCUT2D eigenvalue weighted by molar-refractivity contribution is 6.30. The molecule has 1 aliphatic heterocycles. The van der Waals surface area contributed by atoms with E-state index in [2.05, 4.69) is 54.6 Å². The molecular formula is C33H35ClN4O. The number of amides is 1. The van der Waals surface area contributed by atoms with E-state index in [1.807, 2.05) is 65.6 Å². The summed E-state index contributed by atoms with van der Waals surface area (Å²) in [5, 5.41) is 7.90. The van der Waals surface area contributed by atoms with Gasteiger partial charge in [-0.1, -0.05) is 43.6 Å². The number of halogens is 1. The Morgan fingerprint density at radius 1 is 0.897 bits per heavy atom. The van der Waals surface area contributed by atoms with E-state index in [9.17, 15) is 4.79 Å². The summed E-state index contributed by atoms with van der Waals surface area (Å²) in [4.78, 5) is 19.7. The number of rotatable bonds is 9. The van der Waals surface area contributed by atoms with E-state index < -0.39 is 0 Å². The number of benzene rings is 3. The van der Waals surface area contributed by atoms with Crippen molar-refractivity contribution in [3.05, 3.63) is 119 Å². The first-order valence-electron chi connectivity index (χ1n) is 13.7. The molecule has 0 saturated carbocycles. The summed E-state index contributed by atoms with van der Waals surface area (Å²) in [6, 6.07) is 26.7. The molecule has 2 N–H and O–H groups in total. The summed E-state index contributed by atoms with van der Waals surface area (Å²) < 4.78 is 0. The van der Waals surface area contributed by atoms with Crippen LogP contribution in [0.2, 0.25) is 5.02 Å². The molecule has 1 aromatic heterocycles. The lowest BCUT2D eigenvalue weighted by Gasteiger charge is -2.38. The van der Waals surface area contributed by atoms with Crippen molar-refractivity contribution >= 4 is 34.6 Å². The van der Waals surface area contributed by atoms with Crippen LogP contribution in [0.1, 0.15) is 68.0 Å². The number of nitrogens with zero attached hydrogens (tertiary/aromatic N) is 2. The van der Waals surface area contributed by atoms with Gasteiger partial charge >= 0.3 is 0 Å². The minimum atomic E-state index is -0.253. The molecule has 6 heteroatoms. The fourth-order valence-corrected chi connectivity index (χ4v) is 5.46. The summed E-state index contributed by atoms with van der Waals surface area (Å²) in [6.07, 6.45) is 6.08. The Bertz CT molecular complexity index is 1400. The Labute approximate surface area is 236 Å². The molecule has 3 aromatic carbocycles. The third kappa shape index (κ3) is 5.94. The fraction of sp³-hybridized carbons (Fsp3) is 0.273. The van der Waals surface area contributed by atoms with Gasteiger partial charge < -0.3 is 15.5 Å². The van der Waals surface area contributed by atoms with E-state index in [1.54, 1.807) is 12.4 Å². The molecule has 5 rings (SSSR count). The highest BCUT2D eigenvalue weighted by Crippen LogP contribution is 2.41. The second-order valence-electron chi connectivity index (χ2n) is 10.2. The van der Waals surface area contributed by atoms with Crippen molar-refractivity contribution in [2.45, 2.75) is 58.2 Å². The number of hydrogen-bond acceptors (Lipinski definition) is 4. The van der Waals surface area contributed by atoms with Crippen LogP contribution in [0.25, 0.3) is 0 Å². The van der Waals surface area contributed by atoms with Gasteiger partial charge in [0, 0.05) is 46.6 Å². The molecule has 0 fully saturated rings. The van der Waals surface area contributed by atoms with Crippen LogP contribution in [0.3, 0.4) is 0 Å². The molecule has 4 aromatic rings. The normalized spacial score (nSPS) is 15.7. The summed E-state index contributed by atoms with van der Waals surface area (Å²) >= 11 is 6.25. The van der Waals surface area contributed by atoms with Crippen molar-refractivity contribution < 1.29 is 4.79 Å². The molecule has 2 heterocycles. The fourth-order valence-electron chi connectivity index (χ4n) is 5.33. The zero-order valence-electron chi connectivity index (χ0n) is 22.7. The van der Waals surface area contributed by atoms with E-state index in [-0.39, 0.29) is 18.0 Å². The van der Waals surface area contributed by atoms with Crippen molar-refractivity contribution in [3.63, 3.8) is 0 Å². The highest BCUT2D eigenvalue weighted by atomic mass is 35.5. The van der Waals surface area contributed by atoms with Crippen LogP contribution in [-0.2, 0) is 11.2 Å². The van der Waals surface area contributed by atoms with Gasteiger partial charge in [0.2, 0.25) is 5.91 Å². The first kappa shape index (κ1) is 26.8. The number of nitrogens with one attached hydrogen (secondary N) is 2. The summed E-state index contributed by atoms with van der Waals surface area (Å²) in [7, 11) is 0. The van der Waals surface area contributed by atoms with Gasteiger partial charge in [0.1, 0.15) is 0 Å². The van der Waals surface area contributed by atoms with Crippen LogP contribution >= 0.6 is 11.6 Å². The van der Waals surface area contributed by atoms with Crippen LogP contribution in [0.5, 0.6) is 0 Å². The summed E-state index contributed by atoms with van der Waals surface area (Å²) in [6.45, 7) is 6.53. The molecule has 0 radical (unpaired) electrons. The van der Waals surface area contributed by atoms with Crippen LogP contribution < -0.4 is 15.5 Å². The monoisotopic (exact) mass is 538 g/mol. The molecule has 0 spiro atoms. The SMILES string of the molecule is CCC(CC)Nc1ccc2c(c1)C(c1ccc(Cl)cc1)N(c1ccc(NC(C)c3ccncc3)cc1)C(=O)C2. The molecule has 0 aliphatic carbocycles. The molecule has 2 atom stereocenters. The van der Waals surface area contributed by atoms with Gasteiger partial charge in [0.25, 0.3) is 0 Å². The Kier molecular flexibility index (Phi) is 8.18. The number of carbonyl (C=O) groups is 1. The first-order valence-corrected chi connectivity index (χ1v) is 14.1. The van der Waals surface area contributed by atoms with E-state index in [1.165, 1.54) is 0 Å². The van der Waals surface area contributed by atoms with Crippen molar-refractivity contribution in [2.75, 3.05) is 15.5 Å². The molecule has 2 unspecified atom stereocenters. The topological polar surface area (TPSA) is 57.3 Å². The zero-order chi connectivity index (χ0) is 27.4. The van der Waals surface area contributed by atoms with Gasteiger partial charge in [-0.2, -0.15) is 0 Å². The average Bonchev–Trinajstić information content (AvgIpc) is 2.97. The van der Waals surface area contributed by atoms with Gasteiger partial charge in [0.15, 0.2) is 0 Å². The molecule has 1 amide bonds. The number of hydrogen-bond donors (Lipinski definition) is 2. The zero-order valence-corrected chi connectivity index (χ0v) is 23.5. The second-order valence-corrected chi connectivity index (χ2v) is 10.6. The molecule has 39 heavy (non-hydrogen) atoms. The van der Waals surface area contributed by atoms with E-state index in [0.717, 1.165) is 52.2 Å². The van der Waals surface area contributed by atoms with E-state index >= 15 is 0 Å². The van der Waals surface area contributed by atoms with Crippen LogP contribution in [0, 0.1) is 0 Å². The molecule has 5 nitrogen and oxygen atoms in total. The Hall–Kier alpha value is -3.83. The number of pyridine rings is 1. The van der Waals surface area contributed by atoms with Crippen LogP contribution in [0.15, 0.2) is 91.3 Å². The Morgan fingerprint density at radius 3 is 2.23 bits per heavy atom. The van der Waals surface area contributed by atoms with Gasteiger partial charge in [-0.15, -0.1) is 0 Å². The second kappa shape index (κ2) is 11.9. The van der Waals surface area contributed by atoms with Gasteiger partial charge in [-0.25, -0.2) is 0 Å². The lowest BCUT2D eigenvalue weighted by atomic mass is 9.86. The summed E-state index contributed by atoms with van der Waals surface area (Å²) in [5.74, 6) is 0.0778. The lowest BCUT2D eigenvalue weighted by molar-refractivity contribution is -0.118. The van der Waals surface area contributed by atoms with Crippen molar-refractivity contribution in [1.82, 2.24) is 4.98 Å². The first-order chi connectivity index (χ1) is 19.0. The quantitative estimate of drug-likeness (QED) is 0.225. The largest absolute Gasteiger partial charge is 0.382 e. The van der Waals surface area contributed by atoms with E-state index in [4.69, 9.17) is 11.6 Å². The predicted octanol–water partition coefficient (Wildman–Crippen LogP) is 8.19. The minimum absolute atomic E-state index is 0.0778. The average molecular weight is 539 g/mol. The maximum Gasteiger partial charge on any atom is 0.232 e. The molecule has 1 aliphatic rings. The minimum Gasteiger partial charge on any atom is -0.382 e. The van der Waals surface area contributed by atoms with Crippen molar-refractivity contribution in [2.24, 2.45) is 0 Å². The van der Waals surface area contributed by atoms with Gasteiger partial charge in [-0.3, -0.25) is 9.78 Å². The third-order valence-corrected chi connectivity index (χ3v) is 7.84. The van der Waals surface area contributed by atoms with Gasteiger partial charge in [0.05, 0.1) is 12.5 Å². The third-order valence-electron chi connectivity index (χ3n) is 7.59. The molecule has 200 valence electrons. The lowest BCUT2D eigenvalue weighted by Crippen LogP contribution is -2.41. The number of carbonyl (C=O) groups excluding carboxylic acids is 1. The maximum absolute atomic E-state index is 13.7. The van der Waals surface area contributed by atoms with E-state index in [0.29, 0.717) is 17.5 Å². The number of fused-ring (bicyclic) bond motifs is 1. The van der Waals surface area contributed by atoms with Crippen molar-refractivity contribution in [3.8, 4) is 0 Å². The van der Waals surface area contributed by atoms with Crippen LogP contribution in [0.4, 0.5) is 17.1 Å². The number of anilines is 3. The molecular weight excluding hydrogens is 504 g/mol. The Morgan fingerprint density at radius 2 is 1.56 bits per heavy atom. The smallest absolute Gasteiger partial charge is 0.232 e. The molecule has 0 saturated heterocycles. The Balaban J connectivity index is 1.49. The standard InChI is InChI=1S/C33H35ClN4O/c1-4-27(5-2)37-29-11-8-25-20-32(39)38(33(31(25)21-29)24-6-9-26(34)10-7-24)30-14-12-28(13-15-30)36-22(3)23-16-18-35-19-17-23/h6-19,21-22,27,33,36-37H,4-5,20H2,1-3H3. The van der Waals surface area contributed by atoms with Gasteiger partial charge in [-0.05, 0) is 103 Å².